The number of anilines is 1. The van der Waals surface area contributed by atoms with Crippen molar-refractivity contribution in [3.05, 3.63) is 34.4 Å². The summed E-state index contributed by atoms with van der Waals surface area (Å²) in [5, 5.41) is 17.7. The second kappa shape index (κ2) is 4.80. The molecule has 0 aliphatic rings. The summed E-state index contributed by atoms with van der Waals surface area (Å²) in [6.07, 6.45) is 0. The molecular formula is C9H9N3O4S. The van der Waals surface area contributed by atoms with Crippen molar-refractivity contribution in [2.24, 2.45) is 0 Å². The first kappa shape index (κ1) is 12.9. The Morgan fingerprint density at radius 2 is 1.94 bits per heavy atom. The van der Waals surface area contributed by atoms with E-state index in [1.54, 1.807) is 6.07 Å². The minimum absolute atomic E-state index is 0.138. The number of nitrogens with one attached hydrogen (secondary N) is 1. The Bertz CT molecular complexity index is 559. The average molecular weight is 255 g/mol. The minimum atomic E-state index is -3.78. The van der Waals surface area contributed by atoms with Gasteiger partial charge in [-0.2, -0.15) is 5.26 Å². The molecule has 0 bridgehead atoms. The number of nitro groups is 1. The van der Waals surface area contributed by atoms with Gasteiger partial charge >= 0.3 is 0 Å². The molecule has 1 aromatic carbocycles. The van der Waals surface area contributed by atoms with Gasteiger partial charge in [0.05, 0.1) is 11.0 Å². The number of nitro benzene ring substituents is 1. The van der Waals surface area contributed by atoms with Gasteiger partial charge < -0.3 is 0 Å². The van der Waals surface area contributed by atoms with E-state index in [1.807, 2.05) is 0 Å². The summed E-state index contributed by atoms with van der Waals surface area (Å²) < 4.78 is 25.1. The van der Waals surface area contributed by atoms with Crippen molar-refractivity contribution in [3.63, 3.8) is 0 Å². The molecule has 0 saturated heterocycles. The highest BCUT2D eigenvalue weighted by Crippen LogP contribution is 2.17. The Morgan fingerprint density at radius 1 is 1.41 bits per heavy atom. The van der Waals surface area contributed by atoms with Crippen LogP contribution < -0.4 is 4.72 Å². The van der Waals surface area contributed by atoms with Gasteiger partial charge in [0, 0.05) is 17.8 Å². The smallest absolute Gasteiger partial charge is 0.269 e. The van der Waals surface area contributed by atoms with E-state index in [2.05, 4.69) is 4.72 Å². The minimum Gasteiger partial charge on any atom is -0.282 e. The lowest BCUT2D eigenvalue weighted by Gasteiger charge is -2.08. The lowest BCUT2D eigenvalue weighted by molar-refractivity contribution is -0.384. The van der Waals surface area contributed by atoms with Crippen LogP contribution in [0, 0.1) is 21.4 Å². The van der Waals surface area contributed by atoms with Crippen LogP contribution in [0.5, 0.6) is 0 Å². The lowest BCUT2D eigenvalue weighted by atomic mass is 10.3. The first-order valence-corrected chi connectivity index (χ1v) is 6.07. The average Bonchev–Trinajstić information content (AvgIpc) is 2.28. The van der Waals surface area contributed by atoms with Crippen molar-refractivity contribution in [3.8, 4) is 6.07 Å². The number of hydrogen-bond donors (Lipinski definition) is 1. The molecule has 0 amide bonds. The highest BCUT2D eigenvalue weighted by Gasteiger charge is 2.20. The van der Waals surface area contributed by atoms with Gasteiger partial charge in [-0.15, -0.1) is 0 Å². The van der Waals surface area contributed by atoms with Crippen molar-refractivity contribution in [1.29, 1.82) is 5.26 Å². The Balaban J connectivity index is 2.91. The second-order valence-corrected chi connectivity index (χ2v) is 5.22. The zero-order chi connectivity index (χ0) is 13.1. The molecular weight excluding hydrogens is 246 g/mol. The van der Waals surface area contributed by atoms with E-state index in [-0.39, 0.29) is 11.4 Å². The third kappa shape index (κ3) is 3.15. The number of nitrogens with zero attached hydrogens (tertiary/aromatic N) is 2. The highest BCUT2D eigenvalue weighted by molar-refractivity contribution is 7.93. The van der Waals surface area contributed by atoms with Crippen LogP contribution in [-0.4, -0.2) is 18.6 Å². The van der Waals surface area contributed by atoms with Gasteiger partial charge in [-0.25, -0.2) is 8.42 Å². The summed E-state index contributed by atoms with van der Waals surface area (Å²) in [5.74, 6) is 0. The summed E-state index contributed by atoms with van der Waals surface area (Å²) in [6, 6.07) is 6.47. The zero-order valence-corrected chi connectivity index (χ0v) is 9.64. The predicted molar refractivity (Wildman–Crippen MR) is 60.7 cm³/mol. The van der Waals surface area contributed by atoms with Crippen molar-refractivity contribution in [1.82, 2.24) is 0 Å². The van der Waals surface area contributed by atoms with Crippen LogP contribution >= 0.6 is 0 Å². The molecule has 0 aliphatic carbocycles. The van der Waals surface area contributed by atoms with E-state index < -0.39 is 20.2 Å². The molecule has 1 unspecified atom stereocenters. The van der Waals surface area contributed by atoms with Crippen LogP contribution in [0.4, 0.5) is 11.4 Å². The monoisotopic (exact) mass is 255 g/mol. The van der Waals surface area contributed by atoms with Crippen LogP contribution in [0.15, 0.2) is 24.3 Å². The summed E-state index contributed by atoms with van der Waals surface area (Å²) in [7, 11) is -3.78. The van der Waals surface area contributed by atoms with Gasteiger partial charge in [0.1, 0.15) is 0 Å². The Labute approximate surface area is 97.9 Å². The van der Waals surface area contributed by atoms with Gasteiger partial charge in [-0.05, 0) is 19.1 Å². The van der Waals surface area contributed by atoms with E-state index in [0.717, 1.165) is 0 Å². The van der Waals surface area contributed by atoms with Gasteiger partial charge in [0.15, 0.2) is 5.25 Å². The highest BCUT2D eigenvalue weighted by atomic mass is 32.2. The molecule has 90 valence electrons. The van der Waals surface area contributed by atoms with Crippen molar-refractivity contribution >= 4 is 21.4 Å². The number of benzene rings is 1. The third-order valence-corrected chi connectivity index (χ3v) is 3.54. The van der Waals surface area contributed by atoms with Crippen LogP contribution in [0.1, 0.15) is 6.92 Å². The molecule has 17 heavy (non-hydrogen) atoms. The summed E-state index contributed by atoms with van der Waals surface area (Å²) >= 11 is 0. The molecule has 1 atom stereocenters. The number of hydrogen-bond acceptors (Lipinski definition) is 5. The number of rotatable bonds is 4. The van der Waals surface area contributed by atoms with Crippen LogP contribution in [0.3, 0.4) is 0 Å². The van der Waals surface area contributed by atoms with Gasteiger partial charge in [0.2, 0.25) is 10.0 Å². The van der Waals surface area contributed by atoms with Crippen LogP contribution in [0.2, 0.25) is 0 Å². The molecule has 0 aromatic heterocycles. The Kier molecular flexibility index (Phi) is 3.65. The SMILES string of the molecule is CC(C#N)S(=O)(=O)Nc1ccc([N+](=O)[O-])cc1. The molecule has 1 rings (SSSR count). The fourth-order valence-corrected chi connectivity index (χ4v) is 1.75. The van der Waals surface area contributed by atoms with Crippen molar-refractivity contribution in [2.45, 2.75) is 12.2 Å². The molecule has 7 nitrogen and oxygen atoms in total. The molecule has 8 heteroatoms. The standard InChI is InChI=1S/C9H9N3O4S/c1-7(6-10)17(15,16)11-8-2-4-9(5-3-8)12(13)14/h2-5,7,11H,1H3. The fraction of sp³-hybridized carbons (Fsp3) is 0.222. The maximum atomic E-state index is 11.5. The molecule has 0 fully saturated rings. The molecule has 0 aliphatic heterocycles. The van der Waals surface area contributed by atoms with Crippen molar-refractivity contribution < 1.29 is 13.3 Å². The quantitative estimate of drug-likeness (QED) is 0.642. The van der Waals surface area contributed by atoms with E-state index >= 15 is 0 Å². The first-order chi connectivity index (χ1) is 7.86. The van der Waals surface area contributed by atoms with Crippen molar-refractivity contribution in [2.75, 3.05) is 4.72 Å². The van der Waals surface area contributed by atoms with Gasteiger partial charge in [-0.3, -0.25) is 14.8 Å². The van der Waals surface area contributed by atoms with Crippen LogP contribution in [-0.2, 0) is 10.0 Å². The molecule has 0 spiro atoms. The lowest BCUT2D eigenvalue weighted by Crippen LogP contribution is -2.23. The summed E-state index contributed by atoms with van der Waals surface area (Å²) in [5.41, 5.74) is 0.0407. The fourth-order valence-electron chi connectivity index (χ4n) is 0.973. The maximum Gasteiger partial charge on any atom is 0.269 e. The Hall–Kier alpha value is -2.14. The molecule has 0 heterocycles. The van der Waals surface area contributed by atoms with Gasteiger partial charge in [0.25, 0.3) is 5.69 Å². The topological polar surface area (TPSA) is 113 Å². The second-order valence-electron chi connectivity index (χ2n) is 3.22. The van der Waals surface area contributed by atoms with E-state index in [1.165, 1.54) is 31.2 Å². The number of non-ortho nitro benzene ring substituents is 1. The number of nitriles is 1. The van der Waals surface area contributed by atoms with E-state index in [0.29, 0.717) is 0 Å². The largest absolute Gasteiger partial charge is 0.282 e. The summed E-state index contributed by atoms with van der Waals surface area (Å²) in [4.78, 5) is 9.79. The van der Waals surface area contributed by atoms with E-state index in [9.17, 15) is 18.5 Å². The first-order valence-electron chi connectivity index (χ1n) is 4.52. The van der Waals surface area contributed by atoms with Crippen LogP contribution in [0.25, 0.3) is 0 Å². The molecule has 1 aromatic rings. The zero-order valence-electron chi connectivity index (χ0n) is 8.82. The maximum absolute atomic E-state index is 11.5. The Morgan fingerprint density at radius 3 is 2.35 bits per heavy atom. The van der Waals surface area contributed by atoms with E-state index in [4.69, 9.17) is 5.26 Å². The molecule has 0 radical (unpaired) electrons. The van der Waals surface area contributed by atoms with Gasteiger partial charge in [-0.1, -0.05) is 0 Å². The molecule has 1 N–H and O–H groups in total. The predicted octanol–water partition coefficient (Wildman–Crippen LogP) is 1.25. The number of sulfonamides is 1. The third-order valence-electron chi connectivity index (χ3n) is 1.99. The normalized spacial score (nSPS) is 12.5. The molecule has 0 saturated carbocycles. The summed E-state index contributed by atoms with van der Waals surface area (Å²) in [6.45, 7) is 1.24.